The zero-order chi connectivity index (χ0) is 22.0. The number of anilines is 1. The van der Waals surface area contributed by atoms with Gasteiger partial charge >= 0.3 is 0 Å². The molecular weight excluding hydrogens is 394 g/mol. The lowest BCUT2D eigenvalue weighted by atomic mass is 9.96. The first-order valence-electron chi connectivity index (χ1n) is 10.4. The van der Waals surface area contributed by atoms with Crippen molar-refractivity contribution in [1.29, 1.82) is 0 Å². The van der Waals surface area contributed by atoms with Crippen LogP contribution < -0.4 is 5.32 Å². The number of amides is 2. The predicted octanol–water partition coefficient (Wildman–Crippen LogP) is 2.50. The van der Waals surface area contributed by atoms with Crippen molar-refractivity contribution in [3.05, 3.63) is 53.5 Å². The first-order chi connectivity index (χ1) is 14.9. The van der Waals surface area contributed by atoms with E-state index in [-0.39, 0.29) is 18.4 Å². The van der Waals surface area contributed by atoms with Crippen LogP contribution in [0.15, 0.2) is 36.7 Å². The third-order valence-electron chi connectivity index (χ3n) is 5.88. The summed E-state index contributed by atoms with van der Waals surface area (Å²) in [5, 5.41) is 6.97. The van der Waals surface area contributed by atoms with Crippen LogP contribution >= 0.6 is 0 Å². The lowest BCUT2D eigenvalue weighted by Crippen LogP contribution is -2.31. The topological polar surface area (TPSA) is 89.3 Å². The number of hydrogen-bond donors (Lipinski definition) is 1. The van der Waals surface area contributed by atoms with Crippen LogP contribution in [0.25, 0.3) is 11.6 Å². The molecule has 8 heteroatoms. The molecular formula is C23H27N5O3. The summed E-state index contributed by atoms with van der Waals surface area (Å²) in [7, 11) is 3.78. The zero-order valence-corrected chi connectivity index (χ0v) is 18.0. The molecule has 2 atom stereocenters. The second-order valence-corrected chi connectivity index (χ2v) is 8.22. The van der Waals surface area contributed by atoms with Gasteiger partial charge in [0.2, 0.25) is 5.91 Å². The second kappa shape index (κ2) is 8.85. The number of aryl methyl sites for hydroxylation is 1. The standard InChI is InChI=1S/C23H27N5O3/c1-15-8-17(20-6-7-25-28(20)3)10-18(15)12-27(2)22(30)5-4-16-9-19-13-31-14-21(29)26-23(19)24-11-16/h4-9,11,15,18H,10,12-14H2,1-3H3,(H,24,26,29)/b5-4+. The average molecular weight is 422 g/mol. The number of aromatic nitrogens is 3. The van der Waals surface area contributed by atoms with E-state index in [4.69, 9.17) is 4.74 Å². The van der Waals surface area contributed by atoms with Gasteiger partial charge in [-0.3, -0.25) is 14.3 Å². The van der Waals surface area contributed by atoms with E-state index in [2.05, 4.69) is 28.4 Å². The van der Waals surface area contributed by atoms with Gasteiger partial charge in [-0.05, 0) is 47.6 Å². The number of likely N-dealkylation sites (N-methyl/N-ethyl adjacent to an activating group) is 1. The van der Waals surface area contributed by atoms with Gasteiger partial charge in [0.1, 0.15) is 12.4 Å². The second-order valence-electron chi connectivity index (χ2n) is 8.22. The van der Waals surface area contributed by atoms with E-state index in [9.17, 15) is 9.59 Å². The summed E-state index contributed by atoms with van der Waals surface area (Å²) in [4.78, 5) is 30.3. The molecule has 3 heterocycles. The number of ether oxygens (including phenoxy) is 1. The highest BCUT2D eigenvalue weighted by Crippen LogP contribution is 2.36. The summed E-state index contributed by atoms with van der Waals surface area (Å²) < 4.78 is 7.21. The van der Waals surface area contributed by atoms with Gasteiger partial charge in [-0.2, -0.15) is 5.10 Å². The van der Waals surface area contributed by atoms with Crippen molar-refractivity contribution in [3.63, 3.8) is 0 Å². The molecule has 1 aliphatic carbocycles. The molecule has 0 aromatic carbocycles. The Morgan fingerprint density at radius 3 is 3.03 bits per heavy atom. The minimum atomic E-state index is -0.214. The van der Waals surface area contributed by atoms with E-state index in [1.165, 1.54) is 5.57 Å². The third-order valence-corrected chi connectivity index (χ3v) is 5.88. The Bertz CT molecular complexity index is 1060. The fourth-order valence-corrected chi connectivity index (χ4v) is 4.10. The highest BCUT2D eigenvalue weighted by molar-refractivity contribution is 5.93. The Kier molecular flexibility index (Phi) is 5.99. The number of nitrogens with zero attached hydrogens (tertiary/aromatic N) is 4. The average Bonchev–Trinajstić information content (AvgIpc) is 3.26. The molecule has 2 aromatic rings. The lowest BCUT2D eigenvalue weighted by molar-refractivity contribution is -0.125. The van der Waals surface area contributed by atoms with Gasteiger partial charge in [0.25, 0.3) is 5.91 Å². The van der Waals surface area contributed by atoms with Gasteiger partial charge in [-0.15, -0.1) is 0 Å². The first-order valence-corrected chi connectivity index (χ1v) is 10.4. The maximum absolute atomic E-state index is 12.7. The van der Waals surface area contributed by atoms with Crippen LogP contribution in [0.3, 0.4) is 0 Å². The Hall–Kier alpha value is -3.26. The van der Waals surface area contributed by atoms with E-state index in [1.807, 2.05) is 37.1 Å². The molecule has 0 bridgehead atoms. The maximum Gasteiger partial charge on any atom is 0.251 e. The van der Waals surface area contributed by atoms with Crippen molar-refractivity contribution < 1.29 is 14.3 Å². The SMILES string of the molecule is CC1C=C(c2ccnn2C)CC1CN(C)C(=O)/C=C/c1cnc2c(c1)COCC(=O)N2. The van der Waals surface area contributed by atoms with Gasteiger partial charge in [0, 0.05) is 44.7 Å². The Morgan fingerprint density at radius 1 is 1.42 bits per heavy atom. The number of nitrogens with one attached hydrogen (secondary N) is 1. The molecule has 2 aromatic heterocycles. The first kappa shape index (κ1) is 21.0. The molecule has 1 N–H and O–H groups in total. The van der Waals surface area contributed by atoms with Crippen LogP contribution in [0.1, 0.15) is 30.2 Å². The molecule has 2 aliphatic rings. The molecule has 2 unspecified atom stereocenters. The molecule has 1 aliphatic heterocycles. The van der Waals surface area contributed by atoms with Crippen molar-refractivity contribution in [2.45, 2.75) is 20.0 Å². The van der Waals surface area contributed by atoms with Gasteiger partial charge in [0.05, 0.1) is 12.3 Å². The highest BCUT2D eigenvalue weighted by atomic mass is 16.5. The quantitative estimate of drug-likeness (QED) is 0.750. The number of pyridine rings is 1. The highest BCUT2D eigenvalue weighted by Gasteiger charge is 2.28. The fraction of sp³-hybridized carbons (Fsp3) is 0.391. The summed E-state index contributed by atoms with van der Waals surface area (Å²) >= 11 is 0. The summed E-state index contributed by atoms with van der Waals surface area (Å²) in [6, 6.07) is 3.91. The normalized spacial score (nSPS) is 20.9. The van der Waals surface area contributed by atoms with Crippen molar-refractivity contribution in [3.8, 4) is 0 Å². The van der Waals surface area contributed by atoms with Crippen LogP contribution in [0.5, 0.6) is 0 Å². The number of hydrogen-bond acceptors (Lipinski definition) is 5. The Labute approximate surface area is 181 Å². The van der Waals surface area contributed by atoms with Crippen molar-refractivity contribution >= 4 is 29.3 Å². The summed E-state index contributed by atoms with van der Waals surface area (Å²) in [5.74, 6) is 1.01. The van der Waals surface area contributed by atoms with Crippen molar-refractivity contribution in [1.82, 2.24) is 19.7 Å². The van der Waals surface area contributed by atoms with Gasteiger partial charge in [0.15, 0.2) is 0 Å². The molecule has 0 radical (unpaired) electrons. The van der Waals surface area contributed by atoms with E-state index >= 15 is 0 Å². The molecule has 8 nitrogen and oxygen atoms in total. The van der Waals surface area contributed by atoms with E-state index in [0.717, 1.165) is 23.2 Å². The van der Waals surface area contributed by atoms with Gasteiger partial charge < -0.3 is 15.0 Å². The van der Waals surface area contributed by atoms with Crippen LogP contribution in [-0.2, 0) is 28.0 Å². The van der Waals surface area contributed by atoms with E-state index in [1.54, 1.807) is 23.2 Å². The minimum Gasteiger partial charge on any atom is -0.367 e. The van der Waals surface area contributed by atoms with Gasteiger partial charge in [-0.25, -0.2) is 4.98 Å². The molecule has 2 amide bonds. The summed E-state index contributed by atoms with van der Waals surface area (Å²) in [6.07, 6.45) is 9.98. The molecule has 0 saturated carbocycles. The Morgan fingerprint density at radius 2 is 2.26 bits per heavy atom. The number of fused-ring (bicyclic) bond motifs is 1. The van der Waals surface area contributed by atoms with Crippen LogP contribution in [0.2, 0.25) is 0 Å². The van der Waals surface area contributed by atoms with Crippen molar-refractivity contribution in [2.75, 3.05) is 25.5 Å². The molecule has 31 heavy (non-hydrogen) atoms. The van der Waals surface area contributed by atoms with E-state index in [0.29, 0.717) is 30.8 Å². The van der Waals surface area contributed by atoms with E-state index < -0.39 is 0 Å². The number of allylic oxidation sites excluding steroid dienone is 2. The fourth-order valence-electron chi connectivity index (χ4n) is 4.10. The number of rotatable bonds is 5. The molecule has 0 fully saturated rings. The third kappa shape index (κ3) is 4.74. The monoisotopic (exact) mass is 421 g/mol. The van der Waals surface area contributed by atoms with Crippen LogP contribution in [0.4, 0.5) is 5.82 Å². The zero-order valence-electron chi connectivity index (χ0n) is 18.0. The van der Waals surface area contributed by atoms with Crippen molar-refractivity contribution in [2.24, 2.45) is 18.9 Å². The van der Waals surface area contributed by atoms with Crippen LogP contribution in [0, 0.1) is 11.8 Å². The number of carbonyl (C=O) groups is 2. The molecule has 4 rings (SSSR count). The molecule has 0 saturated heterocycles. The maximum atomic E-state index is 12.7. The predicted molar refractivity (Wildman–Crippen MR) is 118 cm³/mol. The Balaban J connectivity index is 1.36. The molecule has 0 spiro atoms. The lowest BCUT2D eigenvalue weighted by Gasteiger charge is -2.23. The largest absolute Gasteiger partial charge is 0.367 e. The van der Waals surface area contributed by atoms with Crippen LogP contribution in [-0.4, -0.2) is 51.7 Å². The summed E-state index contributed by atoms with van der Waals surface area (Å²) in [5.41, 5.74) is 4.01. The van der Waals surface area contributed by atoms with Gasteiger partial charge in [-0.1, -0.05) is 13.0 Å². The number of carbonyl (C=O) groups excluding carboxylic acids is 2. The summed E-state index contributed by atoms with van der Waals surface area (Å²) in [6.45, 7) is 3.21. The molecule has 162 valence electrons. The minimum absolute atomic E-state index is 0.0154. The smallest absolute Gasteiger partial charge is 0.251 e.